The summed E-state index contributed by atoms with van der Waals surface area (Å²) in [7, 11) is 0. The lowest BCUT2D eigenvalue weighted by atomic mass is 9.89. The van der Waals surface area contributed by atoms with Crippen LogP contribution in [-0.2, 0) is 12.8 Å². The molecule has 0 fully saturated rings. The molecule has 7 aromatic carbocycles. The van der Waals surface area contributed by atoms with Crippen LogP contribution < -0.4 is 4.90 Å². The molecule has 4 aromatic heterocycles. The van der Waals surface area contributed by atoms with Gasteiger partial charge in [0.1, 0.15) is 5.65 Å². The van der Waals surface area contributed by atoms with Crippen LogP contribution in [0.4, 0.5) is 17.1 Å². The van der Waals surface area contributed by atoms with E-state index in [1.54, 1.807) is 0 Å². The molecule has 0 bridgehead atoms. The Bertz CT molecular complexity index is 3600. The van der Waals surface area contributed by atoms with Crippen molar-refractivity contribution in [2.24, 2.45) is 11.8 Å². The van der Waals surface area contributed by atoms with Crippen LogP contribution in [0.5, 0.6) is 0 Å². The van der Waals surface area contributed by atoms with E-state index in [0.717, 1.165) is 69.1 Å². The Morgan fingerprint density at radius 3 is 1.72 bits per heavy atom. The topological polar surface area (TPSA) is 43.3 Å². The molecule has 11 aromatic rings. The van der Waals surface area contributed by atoms with Crippen molar-refractivity contribution in [3.8, 4) is 22.9 Å². The van der Waals surface area contributed by atoms with Crippen molar-refractivity contribution in [1.82, 2.24) is 23.5 Å². The van der Waals surface area contributed by atoms with Gasteiger partial charge in [-0.05, 0) is 113 Å². The fourth-order valence-corrected chi connectivity index (χ4v) is 10.9. The van der Waals surface area contributed by atoms with Crippen LogP contribution >= 0.6 is 0 Å². The summed E-state index contributed by atoms with van der Waals surface area (Å²) in [4.78, 5) is 12.9. The van der Waals surface area contributed by atoms with Gasteiger partial charge in [0.25, 0.3) is 0 Å². The molecule has 0 aliphatic carbocycles. The smallest absolute Gasteiger partial charge is 0.219 e. The number of rotatable bonds is 12. The van der Waals surface area contributed by atoms with Gasteiger partial charge in [-0.2, -0.15) is 0 Å². The zero-order chi connectivity index (χ0) is 46.8. The second kappa shape index (κ2) is 17.3. The minimum atomic E-state index is 0.334. The molecule has 68 heavy (non-hydrogen) atoms. The number of aromatic nitrogens is 5. The maximum Gasteiger partial charge on any atom is 0.219 e. The summed E-state index contributed by atoms with van der Waals surface area (Å²) in [6, 6.07) is 55.9. The Kier molecular flexibility index (Phi) is 11.0. The number of nitrogens with zero attached hydrogens (tertiary/aromatic N) is 6. The first-order valence-corrected chi connectivity index (χ1v) is 24.6. The fraction of sp³-hybridized carbons (Fsp3) is 0.226. The van der Waals surface area contributed by atoms with E-state index in [1.165, 1.54) is 55.0 Å². The number of hydrogen-bond donors (Lipinski definition) is 0. The molecular weight excluding hydrogens is 829 g/mol. The van der Waals surface area contributed by atoms with Crippen molar-refractivity contribution in [3.05, 3.63) is 193 Å². The first-order valence-electron chi connectivity index (χ1n) is 24.6. The first kappa shape index (κ1) is 43.1. The average Bonchev–Trinajstić information content (AvgIpc) is 4.08. The van der Waals surface area contributed by atoms with Crippen LogP contribution in [0.15, 0.2) is 170 Å². The third-order valence-corrected chi connectivity index (χ3v) is 13.8. The SMILES string of the molecule is CC(C)Cc1cccc(CC(C)C)c1-c1cnc2c3cc(N(c4ccccc4)c4ccc5c6ccccc6n(-c6nccn6-c6c(C(C)C)cccc6C(C)C)c5c4)ccc3c3ccccc3n12. The van der Waals surface area contributed by atoms with Crippen LogP contribution in [0.25, 0.3) is 72.0 Å². The highest BCUT2D eigenvalue weighted by Crippen LogP contribution is 2.44. The van der Waals surface area contributed by atoms with E-state index in [-0.39, 0.29) is 0 Å². The second-order valence-electron chi connectivity index (χ2n) is 20.1. The lowest BCUT2D eigenvalue weighted by Gasteiger charge is -2.26. The number of fused-ring (bicyclic) bond motifs is 9. The summed E-state index contributed by atoms with van der Waals surface area (Å²) in [6.07, 6.45) is 8.23. The monoisotopic (exact) mass is 888 g/mol. The van der Waals surface area contributed by atoms with E-state index in [0.29, 0.717) is 23.7 Å². The standard InChI is InChI=1S/C62H60N6/c1-39(2)34-43-18-16-19-44(35-40(3)4)59(43)58-38-64-61-54-36-46(28-30-50(54)51-22-12-14-26-55(51)67(58)61)66(45-20-10-9-11-21-45)47-29-31-53-52-23-13-15-27-56(52)68(57(53)37-47)62-63-32-33-65(62)60-48(41(5)6)24-17-25-49(60)42(7)8/h9-33,36-42H,34-35H2,1-8H3. The van der Waals surface area contributed by atoms with Gasteiger partial charge in [0.05, 0.1) is 34.1 Å². The molecule has 0 unspecified atom stereocenters. The maximum absolute atomic E-state index is 5.36. The van der Waals surface area contributed by atoms with Gasteiger partial charge in [-0.15, -0.1) is 0 Å². The number of hydrogen-bond acceptors (Lipinski definition) is 3. The molecule has 11 rings (SSSR count). The molecule has 6 heteroatoms. The van der Waals surface area contributed by atoms with Gasteiger partial charge in [-0.25, -0.2) is 9.97 Å². The molecule has 4 heterocycles. The van der Waals surface area contributed by atoms with E-state index in [4.69, 9.17) is 9.97 Å². The van der Waals surface area contributed by atoms with Crippen LogP contribution in [0.1, 0.15) is 89.5 Å². The fourth-order valence-electron chi connectivity index (χ4n) is 10.9. The van der Waals surface area contributed by atoms with Gasteiger partial charge < -0.3 is 4.90 Å². The molecule has 0 aliphatic rings. The van der Waals surface area contributed by atoms with Gasteiger partial charge in [0, 0.05) is 56.6 Å². The highest BCUT2D eigenvalue weighted by Gasteiger charge is 2.25. The summed E-state index contributed by atoms with van der Waals surface area (Å²) < 4.78 is 7.13. The second-order valence-corrected chi connectivity index (χ2v) is 20.1. The van der Waals surface area contributed by atoms with Crippen molar-refractivity contribution in [1.29, 1.82) is 0 Å². The van der Waals surface area contributed by atoms with E-state index in [2.05, 4.69) is 238 Å². The van der Waals surface area contributed by atoms with Crippen molar-refractivity contribution in [3.63, 3.8) is 0 Å². The highest BCUT2D eigenvalue weighted by atomic mass is 15.2. The molecule has 0 aliphatic heterocycles. The van der Waals surface area contributed by atoms with Gasteiger partial charge in [-0.3, -0.25) is 13.5 Å². The molecular formula is C62H60N6. The zero-order valence-corrected chi connectivity index (χ0v) is 40.6. The van der Waals surface area contributed by atoms with Crippen molar-refractivity contribution in [2.75, 3.05) is 4.90 Å². The number of pyridine rings is 1. The predicted octanol–water partition coefficient (Wildman–Crippen LogP) is 16.7. The van der Waals surface area contributed by atoms with Crippen LogP contribution in [-0.4, -0.2) is 23.5 Å². The minimum Gasteiger partial charge on any atom is -0.310 e. The van der Waals surface area contributed by atoms with Gasteiger partial charge in [0.15, 0.2) is 0 Å². The Morgan fingerprint density at radius 1 is 0.485 bits per heavy atom. The predicted molar refractivity (Wildman–Crippen MR) is 287 cm³/mol. The van der Waals surface area contributed by atoms with Gasteiger partial charge >= 0.3 is 0 Å². The Labute approximate surface area is 400 Å². The molecule has 0 radical (unpaired) electrons. The highest BCUT2D eigenvalue weighted by molar-refractivity contribution is 6.14. The molecule has 338 valence electrons. The summed E-state index contributed by atoms with van der Waals surface area (Å²) in [5.41, 5.74) is 16.6. The summed E-state index contributed by atoms with van der Waals surface area (Å²) >= 11 is 0. The zero-order valence-electron chi connectivity index (χ0n) is 40.6. The van der Waals surface area contributed by atoms with Crippen LogP contribution in [0.3, 0.4) is 0 Å². The minimum absolute atomic E-state index is 0.334. The van der Waals surface area contributed by atoms with Gasteiger partial charge in [0.2, 0.25) is 5.95 Å². The molecule has 0 saturated carbocycles. The molecule has 0 amide bonds. The summed E-state index contributed by atoms with van der Waals surface area (Å²) in [5, 5.41) is 5.88. The number of para-hydroxylation sites is 4. The Morgan fingerprint density at radius 2 is 1.06 bits per heavy atom. The normalized spacial score (nSPS) is 12.2. The van der Waals surface area contributed by atoms with E-state index in [9.17, 15) is 0 Å². The summed E-state index contributed by atoms with van der Waals surface area (Å²) in [5.74, 6) is 2.58. The number of imidazole rings is 2. The quantitative estimate of drug-likeness (QED) is 0.115. The Hall–Kier alpha value is -7.44. The lowest BCUT2D eigenvalue weighted by Crippen LogP contribution is -2.12. The Balaban J connectivity index is 1.15. The maximum atomic E-state index is 5.36. The van der Waals surface area contributed by atoms with E-state index in [1.807, 2.05) is 6.20 Å². The van der Waals surface area contributed by atoms with E-state index < -0.39 is 0 Å². The van der Waals surface area contributed by atoms with E-state index >= 15 is 0 Å². The van der Waals surface area contributed by atoms with Crippen molar-refractivity contribution < 1.29 is 0 Å². The number of benzene rings is 7. The van der Waals surface area contributed by atoms with Crippen LogP contribution in [0.2, 0.25) is 0 Å². The summed E-state index contributed by atoms with van der Waals surface area (Å²) in [6.45, 7) is 18.4. The number of anilines is 3. The molecule has 0 atom stereocenters. The third kappa shape index (κ3) is 7.25. The largest absolute Gasteiger partial charge is 0.310 e. The third-order valence-electron chi connectivity index (χ3n) is 13.8. The average molecular weight is 889 g/mol. The molecule has 0 saturated heterocycles. The van der Waals surface area contributed by atoms with Gasteiger partial charge in [-0.1, -0.05) is 159 Å². The van der Waals surface area contributed by atoms with Crippen molar-refractivity contribution in [2.45, 2.75) is 80.1 Å². The first-order chi connectivity index (χ1) is 33.1. The molecule has 0 spiro atoms. The molecule has 6 nitrogen and oxygen atoms in total. The van der Waals surface area contributed by atoms with Crippen molar-refractivity contribution >= 4 is 66.2 Å². The molecule has 0 N–H and O–H groups in total. The lowest BCUT2D eigenvalue weighted by molar-refractivity contribution is 0.637. The van der Waals surface area contributed by atoms with Crippen LogP contribution in [0, 0.1) is 11.8 Å².